The van der Waals surface area contributed by atoms with Crippen molar-refractivity contribution in [2.24, 2.45) is 0 Å². The maximum absolute atomic E-state index is 11.9. The van der Waals surface area contributed by atoms with Gasteiger partial charge in [-0.15, -0.1) is 0 Å². The normalized spacial score (nSPS) is 10.4. The molecule has 4 nitrogen and oxygen atoms in total. The first-order valence-corrected chi connectivity index (χ1v) is 4.42. The molecule has 0 unspecified atom stereocenters. The van der Waals surface area contributed by atoms with Crippen molar-refractivity contribution in [1.82, 2.24) is 9.97 Å². The van der Waals surface area contributed by atoms with Crippen LogP contribution in [0.3, 0.4) is 0 Å². The molecule has 5 heteroatoms. The van der Waals surface area contributed by atoms with Crippen molar-refractivity contribution in [3.8, 4) is 5.88 Å². The van der Waals surface area contributed by atoms with E-state index >= 15 is 0 Å². The van der Waals surface area contributed by atoms with Crippen LogP contribution in [0.5, 0.6) is 5.88 Å². The van der Waals surface area contributed by atoms with Crippen LogP contribution in [-0.4, -0.2) is 23.9 Å². The molecule has 1 aromatic rings. The topological polar surface area (TPSA) is 47.0 Å². The summed E-state index contributed by atoms with van der Waals surface area (Å²) in [5.41, 5.74) is 0.846. The summed E-state index contributed by atoms with van der Waals surface area (Å²) in [6.45, 7) is 3.14. The lowest BCUT2D eigenvalue weighted by atomic mass is 10.1. The SMILES string of the molecule is CNc1nc(OCF)cnc1C(C)C. The highest BCUT2D eigenvalue weighted by atomic mass is 19.1. The molecule has 0 saturated carbocycles. The second-order valence-electron chi connectivity index (χ2n) is 3.10. The lowest BCUT2D eigenvalue weighted by Gasteiger charge is -2.10. The van der Waals surface area contributed by atoms with E-state index in [-0.39, 0.29) is 11.8 Å². The molecule has 0 bridgehead atoms. The van der Waals surface area contributed by atoms with Gasteiger partial charge in [0.25, 0.3) is 0 Å². The molecular weight excluding hydrogens is 185 g/mol. The molecular formula is C9H14FN3O. The van der Waals surface area contributed by atoms with Crippen molar-refractivity contribution >= 4 is 5.82 Å². The number of ether oxygens (including phenoxy) is 1. The van der Waals surface area contributed by atoms with E-state index in [2.05, 4.69) is 20.0 Å². The Morgan fingerprint density at radius 2 is 2.29 bits per heavy atom. The molecule has 0 aliphatic heterocycles. The Morgan fingerprint density at radius 3 is 2.79 bits per heavy atom. The smallest absolute Gasteiger partial charge is 0.236 e. The average molecular weight is 199 g/mol. The third-order valence-electron chi connectivity index (χ3n) is 1.76. The van der Waals surface area contributed by atoms with Gasteiger partial charge in [-0.3, -0.25) is 4.98 Å². The first-order chi connectivity index (χ1) is 6.69. The van der Waals surface area contributed by atoms with Gasteiger partial charge in [-0.05, 0) is 5.92 Å². The molecule has 0 aliphatic rings. The maximum atomic E-state index is 11.9. The van der Waals surface area contributed by atoms with Crippen LogP contribution in [0.2, 0.25) is 0 Å². The summed E-state index contributed by atoms with van der Waals surface area (Å²) in [6.07, 6.45) is 1.43. The molecule has 0 saturated heterocycles. The van der Waals surface area contributed by atoms with E-state index in [0.29, 0.717) is 5.82 Å². The summed E-state index contributed by atoms with van der Waals surface area (Å²) in [6, 6.07) is 0. The Kier molecular flexibility index (Phi) is 3.62. The van der Waals surface area contributed by atoms with Crippen LogP contribution in [0.15, 0.2) is 6.20 Å². The summed E-state index contributed by atoms with van der Waals surface area (Å²) in [5, 5.41) is 2.90. The Bertz CT molecular complexity index is 304. The van der Waals surface area contributed by atoms with E-state index in [1.807, 2.05) is 13.8 Å². The minimum atomic E-state index is -0.890. The van der Waals surface area contributed by atoms with Gasteiger partial charge in [-0.2, -0.15) is 4.98 Å². The summed E-state index contributed by atoms with van der Waals surface area (Å²) in [5.74, 6) is 1.09. The van der Waals surface area contributed by atoms with Crippen LogP contribution in [-0.2, 0) is 0 Å². The highest BCUT2D eigenvalue weighted by molar-refractivity contribution is 5.42. The van der Waals surface area contributed by atoms with Gasteiger partial charge in [0.1, 0.15) is 0 Å². The number of hydrogen-bond donors (Lipinski definition) is 1. The van der Waals surface area contributed by atoms with Crippen molar-refractivity contribution in [1.29, 1.82) is 0 Å². The Balaban J connectivity index is 2.99. The van der Waals surface area contributed by atoms with Gasteiger partial charge in [0.15, 0.2) is 5.82 Å². The van der Waals surface area contributed by atoms with Crippen LogP contribution in [0.25, 0.3) is 0 Å². The molecule has 78 valence electrons. The van der Waals surface area contributed by atoms with E-state index in [1.165, 1.54) is 6.20 Å². The fourth-order valence-corrected chi connectivity index (χ4v) is 1.11. The second kappa shape index (κ2) is 4.74. The zero-order valence-electron chi connectivity index (χ0n) is 8.54. The first-order valence-electron chi connectivity index (χ1n) is 4.42. The quantitative estimate of drug-likeness (QED) is 0.805. The summed E-state index contributed by atoms with van der Waals surface area (Å²) in [4.78, 5) is 8.22. The highest BCUT2D eigenvalue weighted by Gasteiger charge is 2.10. The van der Waals surface area contributed by atoms with Crippen molar-refractivity contribution in [3.05, 3.63) is 11.9 Å². The first kappa shape index (κ1) is 10.7. The van der Waals surface area contributed by atoms with Gasteiger partial charge in [-0.1, -0.05) is 13.8 Å². The zero-order chi connectivity index (χ0) is 10.6. The van der Waals surface area contributed by atoms with Crippen LogP contribution in [0.1, 0.15) is 25.5 Å². The fraction of sp³-hybridized carbons (Fsp3) is 0.556. The van der Waals surface area contributed by atoms with E-state index in [1.54, 1.807) is 7.05 Å². The molecule has 0 aliphatic carbocycles. The molecule has 0 radical (unpaired) electrons. The van der Waals surface area contributed by atoms with Crippen molar-refractivity contribution in [3.63, 3.8) is 0 Å². The van der Waals surface area contributed by atoms with E-state index in [4.69, 9.17) is 0 Å². The summed E-state index contributed by atoms with van der Waals surface area (Å²) < 4.78 is 16.5. The van der Waals surface area contributed by atoms with Gasteiger partial charge in [0, 0.05) is 7.05 Å². The summed E-state index contributed by atoms with van der Waals surface area (Å²) in [7, 11) is 1.75. The second-order valence-corrected chi connectivity index (χ2v) is 3.10. The fourth-order valence-electron chi connectivity index (χ4n) is 1.11. The molecule has 1 N–H and O–H groups in total. The van der Waals surface area contributed by atoms with Gasteiger partial charge < -0.3 is 10.1 Å². The van der Waals surface area contributed by atoms with Gasteiger partial charge >= 0.3 is 0 Å². The van der Waals surface area contributed by atoms with Crippen LogP contribution in [0, 0.1) is 0 Å². The minimum absolute atomic E-state index is 0.196. The maximum Gasteiger partial charge on any atom is 0.236 e. The number of anilines is 1. The number of aromatic nitrogens is 2. The molecule has 1 aromatic heterocycles. The van der Waals surface area contributed by atoms with Crippen LogP contribution < -0.4 is 10.1 Å². The van der Waals surface area contributed by atoms with Crippen molar-refractivity contribution < 1.29 is 9.13 Å². The standard InChI is InChI=1S/C9H14FN3O/c1-6(2)8-9(11-3)13-7(4-12-8)14-5-10/h4,6H,5H2,1-3H3,(H,11,13). The van der Waals surface area contributed by atoms with Gasteiger partial charge in [0.2, 0.25) is 12.7 Å². The van der Waals surface area contributed by atoms with E-state index < -0.39 is 6.86 Å². The van der Waals surface area contributed by atoms with E-state index in [0.717, 1.165) is 5.69 Å². The van der Waals surface area contributed by atoms with E-state index in [9.17, 15) is 4.39 Å². The number of nitrogens with zero attached hydrogens (tertiary/aromatic N) is 2. The average Bonchev–Trinajstić information content (AvgIpc) is 2.17. The number of nitrogens with one attached hydrogen (secondary N) is 1. The molecule has 0 atom stereocenters. The molecule has 1 heterocycles. The molecule has 14 heavy (non-hydrogen) atoms. The number of alkyl halides is 1. The minimum Gasteiger partial charge on any atom is -0.445 e. The molecule has 0 aromatic carbocycles. The third kappa shape index (κ3) is 2.31. The van der Waals surface area contributed by atoms with Gasteiger partial charge in [0.05, 0.1) is 11.9 Å². The Hall–Kier alpha value is -1.39. The molecule has 0 fully saturated rings. The number of halogens is 1. The van der Waals surface area contributed by atoms with Crippen LogP contribution in [0.4, 0.5) is 10.2 Å². The number of hydrogen-bond acceptors (Lipinski definition) is 4. The van der Waals surface area contributed by atoms with Crippen molar-refractivity contribution in [2.75, 3.05) is 19.2 Å². The van der Waals surface area contributed by atoms with Crippen molar-refractivity contribution in [2.45, 2.75) is 19.8 Å². The van der Waals surface area contributed by atoms with Gasteiger partial charge in [-0.25, -0.2) is 4.39 Å². The summed E-state index contributed by atoms with van der Waals surface area (Å²) >= 11 is 0. The third-order valence-corrected chi connectivity index (χ3v) is 1.76. The van der Waals surface area contributed by atoms with Crippen LogP contribution >= 0.6 is 0 Å². The monoisotopic (exact) mass is 199 g/mol. The molecule has 0 amide bonds. The number of rotatable bonds is 4. The Labute approximate surface area is 82.5 Å². The zero-order valence-corrected chi connectivity index (χ0v) is 8.54. The highest BCUT2D eigenvalue weighted by Crippen LogP contribution is 2.21. The lowest BCUT2D eigenvalue weighted by Crippen LogP contribution is -2.05. The lowest BCUT2D eigenvalue weighted by molar-refractivity contribution is 0.184. The largest absolute Gasteiger partial charge is 0.445 e. The Morgan fingerprint density at radius 1 is 1.57 bits per heavy atom. The predicted octanol–water partition coefficient (Wildman–Crippen LogP) is 1.95. The molecule has 1 rings (SSSR count). The predicted molar refractivity (Wildman–Crippen MR) is 52.3 cm³/mol. The molecule has 0 spiro atoms.